The van der Waals surface area contributed by atoms with Gasteiger partial charge in [-0.1, -0.05) is 13.8 Å². The van der Waals surface area contributed by atoms with Gasteiger partial charge >= 0.3 is 0 Å². The Labute approximate surface area is 139 Å². The monoisotopic (exact) mass is 366 g/mol. The van der Waals surface area contributed by atoms with Crippen molar-refractivity contribution in [2.45, 2.75) is 58.8 Å². The summed E-state index contributed by atoms with van der Waals surface area (Å²) in [5, 5.41) is 2.09. The maximum Gasteiger partial charge on any atom is 0.144 e. The molecule has 0 spiro atoms. The number of Topliss-reactive ketones (excluding diaryl/α,β-unsaturated/α-hetero) is 1. The van der Waals surface area contributed by atoms with Gasteiger partial charge in [0, 0.05) is 26.6 Å². The summed E-state index contributed by atoms with van der Waals surface area (Å²) in [6, 6.07) is 2.12. The normalized spacial score (nSPS) is 44.2. The van der Waals surface area contributed by atoms with Crippen molar-refractivity contribution >= 4 is 33.0 Å². The van der Waals surface area contributed by atoms with Crippen LogP contribution in [0.4, 0.5) is 0 Å². The number of carbonyl (C=O) groups excluding carboxylic acids is 1. The Morgan fingerprint density at radius 1 is 1.24 bits per heavy atom. The molecule has 4 saturated carbocycles. The molecule has 1 heterocycles. The first-order valence-electron chi connectivity index (χ1n) is 8.06. The quantitative estimate of drug-likeness (QED) is 0.678. The molecule has 0 aromatic carbocycles. The minimum atomic E-state index is -0.000612. The molecule has 2 unspecified atom stereocenters. The van der Waals surface area contributed by atoms with Crippen LogP contribution in [0.3, 0.4) is 0 Å². The Morgan fingerprint density at radius 2 is 1.90 bits per heavy atom. The van der Waals surface area contributed by atoms with E-state index in [-0.39, 0.29) is 5.41 Å². The van der Waals surface area contributed by atoms with E-state index in [0.717, 1.165) is 23.2 Å². The first-order chi connectivity index (χ1) is 9.80. The number of ketones is 1. The van der Waals surface area contributed by atoms with Crippen LogP contribution in [0.25, 0.3) is 0 Å². The Balaban J connectivity index is 1.63. The van der Waals surface area contributed by atoms with E-state index in [1.807, 2.05) is 0 Å². The van der Waals surface area contributed by atoms with Gasteiger partial charge in [-0.25, -0.2) is 0 Å². The maximum absolute atomic E-state index is 13.2. The molecule has 4 aliphatic carbocycles. The third-order valence-corrected chi connectivity index (χ3v) is 7.87. The van der Waals surface area contributed by atoms with E-state index >= 15 is 0 Å². The Hall–Kier alpha value is -0.150. The van der Waals surface area contributed by atoms with Gasteiger partial charge in [0.05, 0.1) is 0 Å². The number of halogens is 1. The van der Waals surface area contributed by atoms with Gasteiger partial charge in [0.2, 0.25) is 0 Å². The highest BCUT2D eigenvalue weighted by atomic mass is 79.9. The SMILES string of the molecule is CC12CC3CC(C)(C1)CC(C(=O)Cc1cc(Br)cs1)(C3)C2. The van der Waals surface area contributed by atoms with E-state index in [9.17, 15) is 4.79 Å². The van der Waals surface area contributed by atoms with Crippen LogP contribution in [0, 0.1) is 22.2 Å². The first kappa shape index (κ1) is 14.4. The first-order valence-corrected chi connectivity index (χ1v) is 9.74. The van der Waals surface area contributed by atoms with Gasteiger partial charge in [-0.3, -0.25) is 4.79 Å². The third-order valence-electron chi connectivity index (χ3n) is 6.17. The number of rotatable bonds is 3. The summed E-state index contributed by atoms with van der Waals surface area (Å²) in [4.78, 5) is 14.4. The van der Waals surface area contributed by atoms with E-state index in [0.29, 0.717) is 23.0 Å². The van der Waals surface area contributed by atoms with Gasteiger partial charge in [0.25, 0.3) is 0 Å². The highest BCUT2D eigenvalue weighted by molar-refractivity contribution is 9.10. The molecular weight excluding hydrogens is 344 g/mol. The number of hydrogen-bond acceptors (Lipinski definition) is 2. The molecule has 4 fully saturated rings. The maximum atomic E-state index is 13.2. The topological polar surface area (TPSA) is 17.1 Å². The van der Waals surface area contributed by atoms with E-state index in [1.54, 1.807) is 11.3 Å². The Morgan fingerprint density at radius 3 is 2.43 bits per heavy atom. The third kappa shape index (κ3) is 2.35. The van der Waals surface area contributed by atoms with Crippen molar-refractivity contribution < 1.29 is 4.79 Å². The van der Waals surface area contributed by atoms with Gasteiger partial charge in [0.15, 0.2) is 0 Å². The number of carbonyl (C=O) groups is 1. The molecule has 0 saturated heterocycles. The highest BCUT2D eigenvalue weighted by Crippen LogP contribution is 2.69. The van der Waals surface area contributed by atoms with Crippen LogP contribution in [0.2, 0.25) is 0 Å². The molecule has 0 amide bonds. The zero-order valence-electron chi connectivity index (χ0n) is 12.9. The molecule has 0 N–H and O–H groups in total. The molecule has 1 nitrogen and oxygen atoms in total. The molecule has 1 aromatic rings. The van der Waals surface area contributed by atoms with Crippen LogP contribution in [0.5, 0.6) is 0 Å². The zero-order chi connectivity index (χ0) is 14.9. The van der Waals surface area contributed by atoms with Crippen LogP contribution < -0.4 is 0 Å². The fraction of sp³-hybridized carbons (Fsp3) is 0.722. The Bertz CT molecular complexity index is 586. The van der Waals surface area contributed by atoms with Crippen LogP contribution in [-0.2, 0) is 11.2 Å². The second-order valence-corrected chi connectivity index (χ2v) is 10.7. The average molecular weight is 367 g/mol. The fourth-order valence-corrected chi connectivity index (χ4v) is 8.00. The molecule has 1 aromatic heterocycles. The van der Waals surface area contributed by atoms with Crippen molar-refractivity contribution in [1.82, 2.24) is 0 Å². The Kier molecular flexibility index (Phi) is 3.05. The molecule has 2 atom stereocenters. The van der Waals surface area contributed by atoms with Crippen molar-refractivity contribution in [1.29, 1.82) is 0 Å². The molecule has 0 aliphatic heterocycles. The van der Waals surface area contributed by atoms with Crippen LogP contribution in [0.15, 0.2) is 15.9 Å². The van der Waals surface area contributed by atoms with Crippen molar-refractivity contribution in [2.24, 2.45) is 22.2 Å². The second kappa shape index (κ2) is 4.44. The van der Waals surface area contributed by atoms with Gasteiger partial charge in [0.1, 0.15) is 5.78 Å². The predicted octanol–water partition coefficient (Wildman–Crippen LogP) is 5.62. The van der Waals surface area contributed by atoms with E-state index in [2.05, 4.69) is 41.2 Å². The summed E-state index contributed by atoms with van der Waals surface area (Å²) in [6.07, 6.45) is 8.19. The summed E-state index contributed by atoms with van der Waals surface area (Å²) in [5.74, 6) is 1.33. The van der Waals surface area contributed by atoms with Crippen molar-refractivity contribution in [3.63, 3.8) is 0 Å². The molecular formula is C18H23BrOS. The molecule has 4 bridgehead atoms. The van der Waals surface area contributed by atoms with Gasteiger partial charge in [-0.15, -0.1) is 11.3 Å². The smallest absolute Gasteiger partial charge is 0.144 e. The van der Waals surface area contributed by atoms with E-state index < -0.39 is 0 Å². The van der Waals surface area contributed by atoms with Crippen molar-refractivity contribution in [2.75, 3.05) is 0 Å². The summed E-state index contributed by atoms with van der Waals surface area (Å²) in [5.41, 5.74) is 0.860. The number of hydrogen-bond donors (Lipinski definition) is 0. The average Bonchev–Trinajstić information content (AvgIpc) is 2.69. The number of thiophene rings is 1. The minimum absolute atomic E-state index is 0.000612. The fourth-order valence-electron chi connectivity index (χ4n) is 6.55. The van der Waals surface area contributed by atoms with Crippen LogP contribution >= 0.6 is 27.3 Å². The molecule has 4 aliphatic rings. The zero-order valence-corrected chi connectivity index (χ0v) is 15.3. The van der Waals surface area contributed by atoms with Crippen molar-refractivity contribution in [3.8, 4) is 0 Å². The lowest BCUT2D eigenvalue weighted by Gasteiger charge is -2.64. The van der Waals surface area contributed by atoms with Gasteiger partial charge < -0.3 is 0 Å². The molecule has 5 rings (SSSR count). The molecule has 0 radical (unpaired) electrons. The van der Waals surface area contributed by atoms with Crippen LogP contribution in [0.1, 0.15) is 57.2 Å². The minimum Gasteiger partial charge on any atom is -0.299 e. The highest BCUT2D eigenvalue weighted by Gasteiger charge is 2.62. The van der Waals surface area contributed by atoms with E-state index in [4.69, 9.17) is 0 Å². The summed E-state index contributed by atoms with van der Waals surface area (Å²) in [6.45, 7) is 4.89. The second-order valence-electron chi connectivity index (χ2n) is 8.74. The molecule has 114 valence electrons. The van der Waals surface area contributed by atoms with Gasteiger partial charge in [-0.05, 0) is 77.3 Å². The summed E-state index contributed by atoms with van der Waals surface area (Å²) in [7, 11) is 0. The molecule has 21 heavy (non-hydrogen) atoms. The summed E-state index contributed by atoms with van der Waals surface area (Å²) >= 11 is 5.21. The van der Waals surface area contributed by atoms with Crippen molar-refractivity contribution in [3.05, 3.63) is 20.8 Å². The lowest BCUT2D eigenvalue weighted by Crippen LogP contribution is -2.57. The molecule has 3 heteroatoms. The summed E-state index contributed by atoms with van der Waals surface area (Å²) < 4.78 is 1.11. The lowest BCUT2D eigenvalue weighted by atomic mass is 9.39. The lowest BCUT2D eigenvalue weighted by molar-refractivity contribution is -0.167. The predicted molar refractivity (Wildman–Crippen MR) is 90.6 cm³/mol. The van der Waals surface area contributed by atoms with Gasteiger partial charge in [-0.2, -0.15) is 0 Å². The largest absolute Gasteiger partial charge is 0.299 e. The van der Waals surface area contributed by atoms with E-state index in [1.165, 1.54) is 30.6 Å². The van der Waals surface area contributed by atoms with Crippen LogP contribution in [-0.4, -0.2) is 5.78 Å². The standard InChI is InChI=1S/C18H23BrOS/c1-16-5-12-6-17(2,9-16)11-18(7-12,10-16)15(20)4-14-3-13(19)8-21-14/h3,8,12H,4-7,9-11H2,1-2H3.